The zero-order valence-electron chi connectivity index (χ0n) is 37.4. The van der Waals surface area contributed by atoms with E-state index in [-0.39, 0.29) is 5.57 Å². The summed E-state index contributed by atoms with van der Waals surface area (Å²) in [5.41, 5.74) is 9.65. The first kappa shape index (κ1) is 47.0. The standard InChI is InChI=1S/C28H18N4O3.C25H17N3O2.C3H3NO2/c29-16-22(28(33)34)13-19-5-6-21-15-27(35-26(21)14-19)20-7-9-23(10-8-20)32(24-3-1-11-30-17-24)25-4-2-12-31-18-25;29-17-18-5-6-20-14-25(30-24(20)13-18)19-7-9-21(10-8-19)28(22-3-1-11-26-15-22)23-4-2-12-27-16-23;1-4-2-3(5)6/h1-15,17-18H,(H,33,34);1-17H;2H2,(H,5,6). The molecule has 0 bridgehead atoms. The van der Waals surface area contributed by atoms with Gasteiger partial charge in [0, 0.05) is 63.6 Å². The molecule has 15 heteroatoms. The fraction of sp³-hybridized carbons (Fsp3) is 0.0179. The van der Waals surface area contributed by atoms with Crippen molar-refractivity contribution in [3.63, 3.8) is 0 Å². The van der Waals surface area contributed by atoms with Crippen LogP contribution in [0.15, 0.2) is 210 Å². The average molecular weight is 935 g/mol. The quantitative estimate of drug-likeness (QED) is 0.0506. The maximum absolute atomic E-state index is 11.1. The average Bonchev–Trinajstić information content (AvgIpc) is 4.05. The van der Waals surface area contributed by atoms with Gasteiger partial charge in [0.25, 0.3) is 0 Å². The second-order valence-corrected chi connectivity index (χ2v) is 15.2. The molecule has 0 unspecified atom stereocenters. The number of rotatable bonds is 12. The lowest BCUT2D eigenvalue weighted by molar-refractivity contribution is -0.135. The first-order chi connectivity index (χ1) is 34.7. The Balaban J connectivity index is 0.000000172. The number of pyridine rings is 4. The van der Waals surface area contributed by atoms with Gasteiger partial charge < -0.3 is 33.7 Å². The van der Waals surface area contributed by atoms with Gasteiger partial charge in [-0.05, 0) is 133 Å². The third kappa shape index (κ3) is 11.5. The number of hydrogen-bond donors (Lipinski definition) is 2. The fourth-order valence-electron chi connectivity index (χ4n) is 7.31. The van der Waals surface area contributed by atoms with Gasteiger partial charge in [0.2, 0.25) is 0 Å². The van der Waals surface area contributed by atoms with Crippen LogP contribution in [0.4, 0.5) is 34.1 Å². The molecular formula is C56H38N8O7. The van der Waals surface area contributed by atoms with E-state index >= 15 is 0 Å². The lowest BCUT2D eigenvalue weighted by Crippen LogP contribution is -2.10. The molecule has 0 spiro atoms. The van der Waals surface area contributed by atoms with E-state index in [1.165, 1.54) is 6.08 Å². The first-order valence-corrected chi connectivity index (χ1v) is 21.5. The Morgan fingerprint density at radius 2 is 0.986 bits per heavy atom. The number of carboxylic acid groups (broad SMARTS) is 2. The topological polar surface area (TPSA) is 204 Å². The molecule has 10 aromatic rings. The Bertz CT molecular complexity index is 3470. The Morgan fingerprint density at radius 1 is 0.577 bits per heavy atom. The summed E-state index contributed by atoms with van der Waals surface area (Å²) in [5.74, 6) is -0.890. The van der Waals surface area contributed by atoms with Crippen LogP contribution < -0.4 is 9.80 Å². The highest BCUT2D eigenvalue weighted by atomic mass is 16.4. The van der Waals surface area contributed by atoms with E-state index in [1.54, 1.807) is 67.5 Å². The van der Waals surface area contributed by atoms with E-state index in [2.05, 4.69) is 34.6 Å². The van der Waals surface area contributed by atoms with Crippen molar-refractivity contribution < 1.29 is 33.4 Å². The Morgan fingerprint density at radius 3 is 1.31 bits per heavy atom. The molecule has 0 aliphatic carbocycles. The number of benzene rings is 4. The van der Waals surface area contributed by atoms with E-state index < -0.39 is 18.5 Å². The molecule has 71 heavy (non-hydrogen) atoms. The Hall–Kier alpha value is -10.5. The molecule has 6 heterocycles. The van der Waals surface area contributed by atoms with Gasteiger partial charge in [0.05, 0.1) is 47.5 Å². The number of carbonyl (C=O) groups is 3. The summed E-state index contributed by atoms with van der Waals surface area (Å²) in [6.45, 7) is 5.56. The van der Waals surface area contributed by atoms with Crippen LogP contribution in [0.5, 0.6) is 0 Å². The van der Waals surface area contributed by atoms with E-state index in [1.807, 2.05) is 134 Å². The number of carbonyl (C=O) groups excluding carboxylic acids is 1. The molecule has 0 aliphatic heterocycles. The maximum Gasteiger partial charge on any atom is 0.384 e. The van der Waals surface area contributed by atoms with Gasteiger partial charge in [-0.15, -0.1) is 0 Å². The third-order valence-electron chi connectivity index (χ3n) is 10.5. The second-order valence-electron chi connectivity index (χ2n) is 15.2. The van der Waals surface area contributed by atoms with Crippen LogP contribution in [0, 0.1) is 17.9 Å². The first-order valence-electron chi connectivity index (χ1n) is 21.5. The van der Waals surface area contributed by atoms with Crippen molar-refractivity contribution in [2.45, 2.75) is 0 Å². The van der Waals surface area contributed by atoms with Gasteiger partial charge in [0.15, 0.2) is 0 Å². The maximum atomic E-state index is 11.1. The minimum Gasteiger partial charge on any atom is -0.477 e. The van der Waals surface area contributed by atoms with Crippen LogP contribution in [0.1, 0.15) is 15.9 Å². The Labute approximate surface area is 405 Å². The van der Waals surface area contributed by atoms with Crippen molar-refractivity contribution in [2.75, 3.05) is 16.3 Å². The molecule has 0 saturated carbocycles. The summed E-state index contributed by atoms with van der Waals surface area (Å²) in [7, 11) is 0. The molecule has 4 aromatic carbocycles. The number of aromatic nitrogens is 4. The van der Waals surface area contributed by atoms with Crippen LogP contribution >= 0.6 is 0 Å². The number of aldehydes is 1. The van der Waals surface area contributed by atoms with Crippen LogP contribution in [0.2, 0.25) is 0 Å². The number of carboxylic acids is 2. The zero-order chi connectivity index (χ0) is 49.5. The summed E-state index contributed by atoms with van der Waals surface area (Å²) in [6, 6.07) is 48.0. The molecule has 0 fully saturated rings. The molecule has 344 valence electrons. The summed E-state index contributed by atoms with van der Waals surface area (Å²) in [5, 5.41) is 27.6. The summed E-state index contributed by atoms with van der Waals surface area (Å²) < 4.78 is 12.0. The summed E-state index contributed by atoms with van der Waals surface area (Å²) in [6.07, 6.45) is 16.4. The minimum atomic E-state index is -1.26. The SMILES string of the molecule is N#CC(=Cc1ccc2cc(-c3ccc(N(c4cccnc4)c4cccnc4)cc3)oc2c1)C(=O)O.O=Cc1ccc2cc(-c3ccc(N(c4cccnc4)c4cccnc4)cc3)oc2c1.[C-]#[N+]CC(=O)O. The van der Waals surface area contributed by atoms with Crippen molar-refractivity contribution >= 4 is 80.4 Å². The molecule has 15 nitrogen and oxygen atoms in total. The second kappa shape index (κ2) is 22.3. The molecule has 6 aromatic heterocycles. The lowest BCUT2D eigenvalue weighted by atomic mass is 10.1. The van der Waals surface area contributed by atoms with E-state index in [0.717, 1.165) is 68.1 Å². The van der Waals surface area contributed by atoms with E-state index in [9.17, 15) is 14.4 Å². The molecule has 0 aliphatic rings. The number of aliphatic carboxylic acids is 2. The third-order valence-corrected chi connectivity index (χ3v) is 10.5. The van der Waals surface area contributed by atoms with Crippen molar-refractivity contribution in [3.8, 4) is 28.7 Å². The van der Waals surface area contributed by atoms with Crippen LogP contribution in [0.3, 0.4) is 0 Å². The monoisotopic (exact) mass is 934 g/mol. The van der Waals surface area contributed by atoms with Crippen molar-refractivity contribution in [1.29, 1.82) is 5.26 Å². The lowest BCUT2D eigenvalue weighted by Gasteiger charge is -2.24. The molecule has 0 amide bonds. The van der Waals surface area contributed by atoms with Gasteiger partial charge >= 0.3 is 18.5 Å². The number of anilines is 6. The van der Waals surface area contributed by atoms with Gasteiger partial charge in [0.1, 0.15) is 40.6 Å². The molecule has 0 atom stereocenters. The fourth-order valence-corrected chi connectivity index (χ4v) is 7.31. The van der Waals surface area contributed by atoms with Gasteiger partial charge in [-0.3, -0.25) is 24.7 Å². The predicted octanol–water partition coefficient (Wildman–Crippen LogP) is 12.5. The van der Waals surface area contributed by atoms with E-state index in [0.29, 0.717) is 28.1 Å². The van der Waals surface area contributed by atoms with Crippen molar-refractivity contribution in [2.24, 2.45) is 0 Å². The zero-order valence-corrected chi connectivity index (χ0v) is 37.4. The van der Waals surface area contributed by atoms with Crippen LogP contribution in [-0.4, -0.2) is 54.9 Å². The highest BCUT2D eigenvalue weighted by molar-refractivity contribution is 5.97. The van der Waals surface area contributed by atoms with Crippen molar-refractivity contribution in [1.82, 2.24) is 19.9 Å². The number of nitrogens with zero attached hydrogens (tertiary/aromatic N) is 8. The smallest absolute Gasteiger partial charge is 0.384 e. The van der Waals surface area contributed by atoms with Crippen LogP contribution in [0.25, 0.3) is 55.5 Å². The normalized spacial score (nSPS) is 10.6. The molecule has 2 N–H and O–H groups in total. The van der Waals surface area contributed by atoms with Crippen molar-refractivity contribution in [3.05, 3.63) is 223 Å². The highest BCUT2D eigenvalue weighted by Gasteiger charge is 2.16. The van der Waals surface area contributed by atoms with Gasteiger partial charge in [-0.25, -0.2) is 16.2 Å². The van der Waals surface area contributed by atoms with E-state index in [4.69, 9.17) is 30.9 Å². The predicted molar refractivity (Wildman–Crippen MR) is 270 cm³/mol. The summed E-state index contributed by atoms with van der Waals surface area (Å²) >= 11 is 0. The number of fused-ring (bicyclic) bond motifs is 2. The minimum absolute atomic E-state index is 0.335. The Kier molecular flexibility index (Phi) is 14.8. The van der Waals surface area contributed by atoms with Gasteiger partial charge in [-0.1, -0.05) is 24.3 Å². The van der Waals surface area contributed by atoms with Crippen LogP contribution in [-0.2, 0) is 9.59 Å². The molecule has 0 saturated heterocycles. The number of hydrogen-bond acceptors (Lipinski definition) is 12. The highest BCUT2D eigenvalue weighted by Crippen LogP contribution is 2.38. The van der Waals surface area contributed by atoms with Gasteiger partial charge in [-0.2, -0.15) is 5.26 Å². The molecule has 10 rings (SSSR count). The largest absolute Gasteiger partial charge is 0.477 e. The number of furan rings is 2. The number of nitriles is 1. The molecular weight excluding hydrogens is 897 g/mol. The molecule has 0 radical (unpaired) electrons. The summed E-state index contributed by atoms with van der Waals surface area (Å²) in [4.78, 5) is 55.3.